The summed E-state index contributed by atoms with van der Waals surface area (Å²) in [5.41, 5.74) is 0.385. The van der Waals surface area contributed by atoms with E-state index < -0.39 is 5.60 Å². The summed E-state index contributed by atoms with van der Waals surface area (Å²) < 4.78 is 1.73. The molecule has 1 saturated carbocycles. The molecular weight excluding hydrogens is 152 g/mol. The van der Waals surface area contributed by atoms with E-state index in [0.717, 1.165) is 18.4 Å². The molecule has 0 saturated heterocycles. The summed E-state index contributed by atoms with van der Waals surface area (Å²) in [6.45, 7) is 2.16. The van der Waals surface area contributed by atoms with Crippen LogP contribution in [0.25, 0.3) is 0 Å². The third-order valence-electron chi connectivity index (χ3n) is 2.61. The van der Waals surface area contributed by atoms with Gasteiger partial charge < -0.3 is 5.11 Å². The quantitative estimate of drug-likeness (QED) is 0.677. The van der Waals surface area contributed by atoms with Crippen molar-refractivity contribution in [3.63, 3.8) is 0 Å². The fraction of sp³-hybridized carbons (Fsp3) is 0.667. The number of aromatic nitrogens is 2. The van der Waals surface area contributed by atoms with Gasteiger partial charge in [-0.2, -0.15) is 5.10 Å². The molecule has 1 N–H and O–H groups in total. The van der Waals surface area contributed by atoms with E-state index in [0.29, 0.717) is 5.92 Å². The highest BCUT2D eigenvalue weighted by molar-refractivity contribution is 5.19. The van der Waals surface area contributed by atoms with Crippen LogP contribution < -0.4 is 0 Å². The van der Waals surface area contributed by atoms with E-state index >= 15 is 0 Å². The van der Waals surface area contributed by atoms with Crippen LogP contribution >= 0.6 is 0 Å². The molecule has 0 unspecified atom stereocenters. The van der Waals surface area contributed by atoms with Gasteiger partial charge in [0.15, 0.2) is 0 Å². The molecule has 0 bridgehead atoms. The Balaban J connectivity index is 2.20. The third kappa shape index (κ3) is 1.05. The van der Waals surface area contributed by atoms with Crippen LogP contribution in [0.5, 0.6) is 0 Å². The highest BCUT2D eigenvalue weighted by Crippen LogP contribution is 2.44. The van der Waals surface area contributed by atoms with Crippen LogP contribution in [0.1, 0.15) is 25.3 Å². The molecule has 1 heterocycles. The first-order chi connectivity index (χ1) is 5.60. The van der Waals surface area contributed by atoms with Crippen LogP contribution in [-0.2, 0) is 12.6 Å². The molecule has 0 spiro atoms. The molecule has 0 radical (unpaired) electrons. The molecule has 1 aromatic rings. The number of aliphatic hydroxyl groups is 1. The van der Waals surface area contributed by atoms with Crippen LogP contribution in [0, 0.1) is 5.92 Å². The third-order valence-corrected chi connectivity index (χ3v) is 2.61. The zero-order chi connectivity index (χ0) is 8.77. The summed E-state index contributed by atoms with van der Waals surface area (Å²) in [5.74, 6) is 0.648. The van der Waals surface area contributed by atoms with Crippen molar-refractivity contribution in [3.8, 4) is 0 Å². The Bertz CT molecular complexity index is 286. The van der Waals surface area contributed by atoms with Crippen LogP contribution in [0.15, 0.2) is 12.4 Å². The molecule has 0 aromatic carbocycles. The Labute approximate surface area is 72.0 Å². The van der Waals surface area contributed by atoms with E-state index in [4.69, 9.17) is 0 Å². The van der Waals surface area contributed by atoms with Gasteiger partial charge in [-0.15, -0.1) is 0 Å². The van der Waals surface area contributed by atoms with Crippen molar-refractivity contribution in [2.75, 3.05) is 0 Å². The Morgan fingerprint density at radius 2 is 2.33 bits per heavy atom. The first-order valence-electron chi connectivity index (χ1n) is 4.32. The van der Waals surface area contributed by atoms with Crippen molar-refractivity contribution in [2.45, 2.75) is 25.4 Å². The van der Waals surface area contributed by atoms with E-state index in [2.05, 4.69) is 12.0 Å². The van der Waals surface area contributed by atoms with Crippen molar-refractivity contribution in [1.82, 2.24) is 9.78 Å². The first kappa shape index (κ1) is 7.80. The monoisotopic (exact) mass is 166 g/mol. The SMILES string of the molecule is CC1CC(O)(c2cnn(C)c2)C1. The topological polar surface area (TPSA) is 38.1 Å². The Hall–Kier alpha value is -0.830. The smallest absolute Gasteiger partial charge is 0.0932 e. The summed E-state index contributed by atoms with van der Waals surface area (Å²) in [7, 11) is 1.87. The Morgan fingerprint density at radius 3 is 2.75 bits per heavy atom. The highest BCUT2D eigenvalue weighted by atomic mass is 16.3. The normalized spacial score (nSPS) is 34.8. The number of aryl methyl sites for hydroxylation is 1. The number of hydrogen-bond donors (Lipinski definition) is 1. The van der Waals surface area contributed by atoms with Gasteiger partial charge in [-0.1, -0.05) is 6.92 Å². The lowest BCUT2D eigenvalue weighted by atomic mass is 9.69. The molecule has 66 valence electrons. The lowest BCUT2D eigenvalue weighted by molar-refractivity contribution is -0.0738. The van der Waals surface area contributed by atoms with Crippen molar-refractivity contribution >= 4 is 0 Å². The van der Waals surface area contributed by atoms with Gasteiger partial charge in [0.2, 0.25) is 0 Å². The highest BCUT2D eigenvalue weighted by Gasteiger charge is 2.42. The van der Waals surface area contributed by atoms with E-state index in [1.807, 2.05) is 13.2 Å². The molecule has 0 amide bonds. The summed E-state index contributed by atoms with van der Waals surface area (Å²) in [6, 6.07) is 0. The fourth-order valence-corrected chi connectivity index (χ4v) is 1.99. The van der Waals surface area contributed by atoms with Crippen molar-refractivity contribution < 1.29 is 5.11 Å². The maximum Gasteiger partial charge on any atom is 0.0932 e. The lowest BCUT2D eigenvalue weighted by Crippen LogP contribution is -2.39. The van der Waals surface area contributed by atoms with Gasteiger partial charge in [0.1, 0.15) is 0 Å². The van der Waals surface area contributed by atoms with Crippen LogP contribution in [0.4, 0.5) is 0 Å². The molecule has 3 nitrogen and oxygen atoms in total. The van der Waals surface area contributed by atoms with Crippen molar-refractivity contribution in [1.29, 1.82) is 0 Å². The maximum absolute atomic E-state index is 10.0. The van der Waals surface area contributed by atoms with Gasteiger partial charge in [-0.05, 0) is 18.8 Å². The lowest BCUT2D eigenvalue weighted by Gasteiger charge is -2.41. The second-order valence-corrected chi connectivity index (χ2v) is 3.95. The van der Waals surface area contributed by atoms with Crippen LogP contribution in [0.3, 0.4) is 0 Å². The Kier molecular flexibility index (Phi) is 1.51. The second-order valence-electron chi connectivity index (χ2n) is 3.95. The standard InChI is InChI=1S/C9H14N2O/c1-7-3-9(12,4-7)8-5-10-11(2)6-8/h5-7,12H,3-4H2,1-2H3. The van der Waals surface area contributed by atoms with Gasteiger partial charge in [0, 0.05) is 18.8 Å². The molecule has 1 aliphatic carbocycles. The van der Waals surface area contributed by atoms with Gasteiger partial charge in [-0.25, -0.2) is 0 Å². The minimum absolute atomic E-state index is 0.576. The largest absolute Gasteiger partial charge is 0.385 e. The van der Waals surface area contributed by atoms with E-state index in [1.165, 1.54) is 0 Å². The number of nitrogens with zero attached hydrogens (tertiary/aromatic N) is 2. The molecule has 0 atom stereocenters. The van der Waals surface area contributed by atoms with Crippen LogP contribution in [-0.4, -0.2) is 14.9 Å². The maximum atomic E-state index is 10.0. The Morgan fingerprint density at radius 1 is 1.67 bits per heavy atom. The molecule has 12 heavy (non-hydrogen) atoms. The molecule has 1 fully saturated rings. The zero-order valence-electron chi connectivity index (χ0n) is 7.49. The van der Waals surface area contributed by atoms with Crippen molar-refractivity contribution in [2.24, 2.45) is 13.0 Å². The van der Waals surface area contributed by atoms with Gasteiger partial charge in [0.05, 0.1) is 11.8 Å². The average Bonchev–Trinajstić information content (AvgIpc) is 2.33. The van der Waals surface area contributed by atoms with Crippen LogP contribution in [0.2, 0.25) is 0 Å². The van der Waals surface area contributed by atoms with Gasteiger partial charge >= 0.3 is 0 Å². The summed E-state index contributed by atoms with van der Waals surface area (Å²) in [4.78, 5) is 0. The molecule has 1 aromatic heterocycles. The number of hydrogen-bond acceptors (Lipinski definition) is 2. The summed E-state index contributed by atoms with van der Waals surface area (Å²) >= 11 is 0. The predicted molar refractivity (Wildman–Crippen MR) is 45.5 cm³/mol. The minimum Gasteiger partial charge on any atom is -0.385 e. The summed E-state index contributed by atoms with van der Waals surface area (Å²) in [5, 5.41) is 14.1. The average molecular weight is 166 g/mol. The summed E-state index contributed by atoms with van der Waals surface area (Å²) in [6.07, 6.45) is 5.40. The molecule has 3 heteroatoms. The van der Waals surface area contributed by atoms with E-state index in [9.17, 15) is 5.11 Å². The molecule has 2 rings (SSSR count). The minimum atomic E-state index is -0.576. The second kappa shape index (κ2) is 2.33. The van der Waals surface area contributed by atoms with E-state index in [1.54, 1.807) is 10.9 Å². The first-order valence-corrected chi connectivity index (χ1v) is 4.32. The number of rotatable bonds is 1. The molecule has 0 aliphatic heterocycles. The van der Waals surface area contributed by atoms with E-state index in [-0.39, 0.29) is 0 Å². The zero-order valence-corrected chi connectivity index (χ0v) is 7.49. The molecular formula is C9H14N2O. The van der Waals surface area contributed by atoms with Crippen molar-refractivity contribution in [3.05, 3.63) is 18.0 Å². The van der Waals surface area contributed by atoms with Gasteiger partial charge in [-0.3, -0.25) is 4.68 Å². The predicted octanol–water partition coefficient (Wildman–Crippen LogP) is 1.04. The fourth-order valence-electron chi connectivity index (χ4n) is 1.99. The molecule has 1 aliphatic rings. The van der Waals surface area contributed by atoms with Gasteiger partial charge in [0.25, 0.3) is 0 Å².